The van der Waals surface area contributed by atoms with Gasteiger partial charge in [0, 0.05) is 54.1 Å². The molecule has 3 aromatic carbocycles. The lowest BCUT2D eigenvalue weighted by molar-refractivity contribution is -0.137. The van der Waals surface area contributed by atoms with Gasteiger partial charge in [-0.3, -0.25) is 19.4 Å². The molecule has 0 aliphatic carbocycles. The minimum atomic E-state index is -0.986. The van der Waals surface area contributed by atoms with Crippen molar-refractivity contribution in [1.29, 1.82) is 0 Å². The largest absolute Gasteiger partial charge is 0.481 e. The van der Waals surface area contributed by atoms with E-state index in [1.807, 2.05) is 42.5 Å². The van der Waals surface area contributed by atoms with Crippen molar-refractivity contribution in [2.75, 3.05) is 13.1 Å². The number of hydrogen-bond donors (Lipinski definition) is 2. The summed E-state index contributed by atoms with van der Waals surface area (Å²) in [6.45, 7) is 0.654. The van der Waals surface area contributed by atoms with Crippen LogP contribution in [0.5, 0.6) is 0 Å². The number of pyridine rings is 1. The van der Waals surface area contributed by atoms with Crippen molar-refractivity contribution < 1.29 is 19.5 Å². The number of carboxylic acids is 1. The molecule has 0 fully saturated rings. The van der Waals surface area contributed by atoms with E-state index in [-0.39, 0.29) is 24.8 Å². The molecule has 8 heteroatoms. The molecule has 0 aliphatic rings. The Morgan fingerprint density at radius 3 is 2.21 bits per heavy atom. The van der Waals surface area contributed by atoms with Gasteiger partial charge < -0.3 is 15.3 Å². The molecule has 4 aromatic rings. The highest BCUT2D eigenvalue weighted by Gasteiger charge is 2.22. The molecule has 0 spiro atoms. The van der Waals surface area contributed by atoms with Crippen LogP contribution in [0.25, 0.3) is 11.1 Å². The third-order valence-electron chi connectivity index (χ3n) is 6.21. The van der Waals surface area contributed by atoms with Gasteiger partial charge in [-0.05, 0) is 53.1 Å². The number of nitrogens with zero attached hydrogens (tertiary/aromatic N) is 2. The number of nitrogens with one attached hydrogen (secondary N) is 1. The maximum absolute atomic E-state index is 13.8. The zero-order valence-electron chi connectivity index (χ0n) is 21.2. The van der Waals surface area contributed by atoms with Gasteiger partial charge in [-0.15, -0.1) is 0 Å². The quantitative estimate of drug-likeness (QED) is 0.261. The van der Waals surface area contributed by atoms with Crippen molar-refractivity contribution in [3.63, 3.8) is 0 Å². The number of carbonyl (C=O) groups is 3. The lowest BCUT2D eigenvalue weighted by Gasteiger charge is -2.24. The number of carboxylic acid groups (broad SMARTS) is 1. The number of hydrogen-bond acceptors (Lipinski definition) is 4. The Morgan fingerprint density at radius 2 is 1.51 bits per heavy atom. The molecule has 198 valence electrons. The van der Waals surface area contributed by atoms with Gasteiger partial charge in [-0.2, -0.15) is 0 Å². The second-order valence-corrected chi connectivity index (χ2v) is 9.35. The van der Waals surface area contributed by atoms with Crippen LogP contribution in [0.3, 0.4) is 0 Å². The average molecular weight is 542 g/mol. The number of amides is 2. The smallest absolute Gasteiger partial charge is 0.305 e. The second kappa shape index (κ2) is 13.3. The van der Waals surface area contributed by atoms with Crippen LogP contribution in [0.2, 0.25) is 5.02 Å². The summed E-state index contributed by atoms with van der Waals surface area (Å²) >= 11 is 6.07. The van der Waals surface area contributed by atoms with E-state index in [2.05, 4.69) is 10.3 Å². The molecular weight excluding hydrogens is 514 g/mol. The predicted octanol–water partition coefficient (Wildman–Crippen LogP) is 5.49. The first-order valence-corrected chi connectivity index (χ1v) is 12.9. The SMILES string of the molecule is O=C(O)CCN(CCc1ccccn1)C(=O)c1ccccc1-c1ccccc1C(=O)NCc1cccc(Cl)c1. The van der Waals surface area contributed by atoms with Crippen molar-refractivity contribution in [2.45, 2.75) is 19.4 Å². The summed E-state index contributed by atoms with van der Waals surface area (Å²) in [5.41, 5.74) is 3.68. The summed E-state index contributed by atoms with van der Waals surface area (Å²) in [4.78, 5) is 44.2. The molecule has 0 saturated heterocycles. The summed E-state index contributed by atoms with van der Waals surface area (Å²) in [5, 5.41) is 12.8. The summed E-state index contributed by atoms with van der Waals surface area (Å²) in [7, 11) is 0. The summed E-state index contributed by atoms with van der Waals surface area (Å²) < 4.78 is 0. The molecule has 39 heavy (non-hydrogen) atoms. The predicted molar refractivity (Wildman–Crippen MR) is 151 cm³/mol. The Balaban J connectivity index is 1.60. The van der Waals surface area contributed by atoms with E-state index < -0.39 is 5.97 Å². The van der Waals surface area contributed by atoms with E-state index in [4.69, 9.17) is 11.6 Å². The number of benzene rings is 3. The van der Waals surface area contributed by atoms with Gasteiger partial charge in [0.15, 0.2) is 0 Å². The molecule has 7 nitrogen and oxygen atoms in total. The normalized spacial score (nSPS) is 10.6. The Labute approximate surface area is 232 Å². The second-order valence-electron chi connectivity index (χ2n) is 8.91. The standard InChI is InChI=1S/C31H28ClN3O4/c32-23-9-7-8-22(20-23)21-34-30(38)27-13-3-1-11-25(27)26-12-2-4-14-28(26)31(39)35(19-16-29(36)37)18-15-24-10-5-6-17-33-24/h1-14,17,20H,15-16,18-19,21H2,(H,34,38)(H,36,37). The van der Waals surface area contributed by atoms with Crippen molar-refractivity contribution in [3.05, 3.63) is 125 Å². The minimum Gasteiger partial charge on any atom is -0.481 e. The topological polar surface area (TPSA) is 99.6 Å². The molecule has 1 aromatic heterocycles. The Bertz CT molecular complexity index is 1460. The van der Waals surface area contributed by atoms with Gasteiger partial charge in [0.25, 0.3) is 11.8 Å². The first kappa shape index (κ1) is 27.5. The Hall–Kier alpha value is -4.49. The Kier molecular flexibility index (Phi) is 9.43. The van der Waals surface area contributed by atoms with E-state index in [0.717, 1.165) is 11.3 Å². The molecule has 0 saturated carbocycles. The average Bonchev–Trinajstić information content (AvgIpc) is 2.96. The van der Waals surface area contributed by atoms with Crippen LogP contribution in [0.4, 0.5) is 0 Å². The monoisotopic (exact) mass is 541 g/mol. The minimum absolute atomic E-state index is 0.0527. The highest BCUT2D eigenvalue weighted by Crippen LogP contribution is 2.28. The van der Waals surface area contributed by atoms with Crippen molar-refractivity contribution in [3.8, 4) is 11.1 Å². The van der Waals surface area contributed by atoms with Gasteiger partial charge in [-0.1, -0.05) is 66.2 Å². The van der Waals surface area contributed by atoms with Crippen LogP contribution < -0.4 is 5.32 Å². The fraction of sp³-hybridized carbons (Fsp3) is 0.161. The van der Waals surface area contributed by atoms with E-state index >= 15 is 0 Å². The number of aromatic nitrogens is 1. The van der Waals surface area contributed by atoms with E-state index in [1.54, 1.807) is 54.7 Å². The molecule has 0 bridgehead atoms. The van der Waals surface area contributed by atoms with Crippen molar-refractivity contribution >= 4 is 29.4 Å². The zero-order chi connectivity index (χ0) is 27.6. The highest BCUT2D eigenvalue weighted by molar-refractivity contribution is 6.30. The van der Waals surface area contributed by atoms with Gasteiger partial charge in [-0.25, -0.2) is 0 Å². The third-order valence-corrected chi connectivity index (χ3v) is 6.44. The van der Waals surface area contributed by atoms with E-state index in [1.165, 1.54) is 4.90 Å². The number of carbonyl (C=O) groups excluding carboxylic acids is 2. The molecule has 1 heterocycles. The molecule has 2 N–H and O–H groups in total. The molecule has 4 rings (SSSR count). The van der Waals surface area contributed by atoms with Crippen LogP contribution in [-0.4, -0.2) is 45.9 Å². The fourth-order valence-corrected chi connectivity index (χ4v) is 4.47. The zero-order valence-corrected chi connectivity index (χ0v) is 22.0. The molecule has 0 atom stereocenters. The fourth-order valence-electron chi connectivity index (χ4n) is 4.26. The molecule has 0 unspecified atom stereocenters. The van der Waals surface area contributed by atoms with Crippen LogP contribution in [0, 0.1) is 0 Å². The van der Waals surface area contributed by atoms with Crippen LogP contribution >= 0.6 is 11.6 Å². The number of aliphatic carboxylic acids is 1. The van der Waals surface area contributed by atoms with Gasteiger partial charge in [0.05, 0.1) is 6.42 Å². The van der Waals surface area contributed by atoms with E-state index in [0.29, 0.717) is 46.8 Å². The maximum atomic E-state index is 13.8. The van der Waals surface area contributed by atoms with Crippen molar-refractivity contribution in [2.24, 2.45) is 0 Å². The number of rotatable bonds is 11. The van der Waals surface area contributed by atoms with Crippen LogP contribution in [0.15, 0.2) is 97.2 Å². The lowest BCUT2D eigenvalue weighted by Crippen LogP contribution is -2.35. The summed E-state index contributed by atoms with van der Waals surface area (Å²) in [6.07, 6.45) is 1.98. The summed E-state index contributed by atoms with van der Waals surface area (Å²) in [6, 6.07) is 27.0. The lowest BCUT2D eigenvalue weighted by atomic mass is 9.94. The highest BCUT2D eigenvalue weighted by atomic mass is 35.5. The molecule has 0 aliphatic heterocycles. The van der Waals surface area contributed by atoms with E-state index in [9.17, 15) is 19.5 Å². The Morgan fingerprint density at radius 1 is 0.821 bits per heavy atom. The van der Waals surface area contributed by atoms with Gasteiger partial charge in [0.2, 0.25) is 0 Å². The first-order valence-electron chi connectivity index (χ1n) is 12.5. The van der Waals surface area contributed by atoms with Gasteiger partial charge in [0.1, 0.15) is 0 Å². The van der Waals surface area contributed by atoms with Gasteiger partial charge >= 0.3 is 5.97 Å². The maximum Gasteiger partial charge on any atom is 0.305 e. The van der Waals surface area contributed by atoms with Crippen molar-refractivity contribution in [1.82, 2.24) is 15.2 Å². The first-order chi connectivity index (χ1) is 18.9. The third kappa shape index (κ3) is 7.52. The number of halogens is 1. The van der Waals surface area contributed by atoms with Crippen LogP contribution in [0.1, 0.15) is 38.4 Å². The molecule has 2 amide bonds. The van der Waals surface area contributed by atoms with Crippen LogP contribution in [-0.2, 0) is 17.8 Å². The molecular formula is C31H28ClN3O4. The summed E-state index contributed by atoms with van der Waals surface area (Å²) in [5.74, 6) is -1.58. The molecule has 0 radical (unpaired) electrons.